The van der Waals surface area contributed by atoms with Crippen LogP contribution in [0.15, 0.2) is 12.2 Å². The van der Waals surface area contributed by atoms with Gasteiger partial charge in [0.2, 0.25) is 0 Å². The Balaban J connectivity index is 1.67. The molecular weight excluding hydrogens is 304 g/mol. The third kappa shape index (κ3) is 5.95. The highest BCUT2D eigenvalue weighted by Crippen LogP contribution is 2.32. The topological polar surface area (TPSA) is 52.6 Å². The van der Waals surface area contributed by atoms with Crippen LogP contribution in [0.2, 0.25) is 0 Å². The van der Waals surface area contributed by atoms with E-state index in [2.05, 4.69) is 6.92 Å². The van der Waals surface area contributed by atoms with Crippen LogP contribution in [-0.2, 0) is 19.1 Å². The summed E-state index contributed by atoms with van der Waals surface area (Å²) in [6, 6.07) is 0. The zero-order valence-electron chi connectivity index (χ0n) is 15.2. The van der Waals surface area contributed by atoms with Gasteiger partial charge in [-0.25, -0.2) is 4.79 Å². The van der Waals surface area contributed by atoms with Gasteiger partial charge in [0.25, 0.3) is 0 Å². The van der Waals surface area contributed by atoms with E-state index in [0.717, 1.165) is 44.4 Å². The Labute approximate surface area is 146 Å². The van der Waals surface area contributed by atoms with Crippen molar-refractivity contribution >= 4 is 11.9 Å². The number of carbonyl (C=O) groups excluding carboxylic acids is 2. The van der Waals surface area contributed by atoms with E-state index in [1.807, 2.05) is 0 Å². The number of allylic oxidation sites excluding steroid dienone is 1. The third-order valence-corrected chi connectivity index (χ3v) is 5.37. The second kappa shape index (κ2) is 9.85. The molecule has 0 aromatic heterocycles. The van der Waals surface area contributed by atoms with Gasteiger partial charge in [0.1, 0.15) is 12.2 Å². The van der Waals surface area contributed by atoms with Gasteiger partial charge in [0.15, 0.2) is 0 Å². The molecule has 2 fully saturated rings. The predicted molar refractivity (Wildman–Crippen MR) is 93.4 cm³/mol. The molecule has 0 unspecified atom stereocenters. The minimum absolute atomic E-state index is 0.0185. The normalized spacial score (nSPS) is 30.9. The fourth-order valence-corrected chi connectivity index (χ4v) is 3.96. The molecule has 4 nitrogen and oxygen atoms in total. The van der Waals surface area contributed by atoms with Crippen molar-refractivity contribution in [3.05, 3.63) is 12.2 Å². The molecule has 0 aromatic carbocycles. The smallest absolute Gasteiger partial charge is 0.330 e. The van der Waals surface area contributed by atoms with Crippen molar-refractivity contribution in [2.24, 2.45) is 11.8 Å². The van der Waals surface area contributed by atoms with Crippen molar-refractivity contribution in [2.45, 2.75) is 90.3 Å². The monoisotopic (exact) mass is 336 g/mol. The van der Waals surface area contributed by atoms with Crippen LogP contribution in [0.5, 0.6) is 0 Å². The summed E-state index contributed by atoms with van der Waals surface area (Å²) < 4.78 is 11.1. The van der Waals surface area contributed by atoms with Gasteiger partial charge in [-0.05, 0) is 64.2 Å². The van der Waals surface area contributed by atoms with Crippen molar-refractivity contribution in [3.8, 4) is 0 Å². The number of hydrogen-bond acceptors (Lipinski definition) is 4. The molecular formula is C20H32O4. The van der Waals surface area contributed by atoms with Crippen LogP contribution in [0.4, 0.5) is 0 Å². The number of esters is 2. The van der Waals surface area contributed by atoms with Crippen LogP contribution in [0, 0.1) is 11.8 Å². The average molecular weight is 336 g/mol. The molecule has 0 amide bonds. The fourth-order valence-electron chi connectivity index (χ4n) is 3.96. The molecule has 0 bridgehead atoms. The molecule has 0 heterocycles. The molecule has 0 spiro atoms. The molecule has 2 aliphatic rings. The van der Waals surface area contributed by atoms with Crippen molar-refractivity contribution < 1.29 is 19.1 Å². The van der Waals surface area contributed by atoms with Gasteiger partial charge in [-0.2, -0.15) is 0 Å². The lowest BCUT2D eigenvalue weighted by molar-refractivity contribution is -0.158. The summed E-state index contributed by atoms with van der Waals surface area (Å²) in [6.07, 6.45) is 13.2. The molecule has 0 radical (unpaired) electrons. The summed E-state index contributed by atoms with van der Waals surface area (Å²) in [5.41, 5.74) is 0. The first-order valence-corrected chi connectivity index (χ1v) is 9.66. The predicted octanol–water partition coefficient (Wildman–Crippen LogP) is 4.57. The van der Waals surface area contributed by atoms with E-state index in [9.17, 15) is 9.59 Å². The Kier molecular flexibility index (Phi) is 7.80. The fraction of sp³-hybridized carbons (Fsp3) is 0.800. The van der Waals surface area contributed by atoms with Gasteiger partial charge in [0.05, 0.1) is 5.92 Å². The summed E-state index contributed by atoms with van der Waals surface area (Å²) >= 11 is 0. The Hall–Kier alpha value is -1.32. The lowest BCUT2D eigenvalue weighted by atomic mass is 9.84. The second-order valence-electron chi connectivity index (χ2n) is 7.28. The van der Waals surface area contributed by atoms with E-state index in [1.54, 1.807) is 13.0 Å². The Bertz CT molecular complexity index is 427. The number of hydrogen-bond donors (Lipinski definition) is 0. The van der Waals surface area contributed by atoms with Gasteiger partial charge in [-0.1, -0.05) is 25.8 Å². The minimum Gasteiger partial charge on any atom is -0.462 e. The molecule has 0 N–H and O–H groups in total. The van der Waals surface area contributed by atoms with Crippen molar-refractivity contribution in [1.29, 1.82) is 0 Å². The molecule has 0 aromatic rings. The summed E-state index contributed by atoms with van der Waals surface area (Å²) in [4.78, 5) is 23.8. The Morgan fingerprint density at radius 2 is 1.50 bits per heavy atom. The maximum absolute atomic E-state index is 12.4. The maximum atomic E-state index is 12.4. The van der Waals surface area contributed by atoms with Gasteiger partial charge in [0, 0.05) is 6.08 Å². The molecule has 2 rings (SSSR count). The lowest BCUT2D eigenvalue weighted by Gasteiger charge is -2.31. The first kappa shape index (κ1) is 19.0. The van der Waals surface area contributed by atoms with Crippen LogP contribution >= 0.6 is 0 Å². The standard InChI is InChI=1S/C20H32O4/c1-3-5-15-7-11-18(12-8-15)24-20(22)16-9-13-17(14-10-16)23-19(21)6-4-2/h4,6,15-18H,3,5,7-14H2,1-2H3/b6-4+. The first-order chi connectivity index (χ1) is 11.6. The molecule has 136 valence electrons. The van der Waals surface area contributed by atoms with E-state index in [4.69, 9.17) is 9.47 Å². The summed E-state index contributed by atoms with van der Waals surface area (Å²) in [6.45, 7) is 4.03. The summed E-state index contributed by atoms with van der Waals surface area (Å²) in [7, 11) is 0. The van der Waals surface area contributed by atoms with Crippen LogP contribution in [-0.4, -0.2) is 24.1 Å². The molecule has 0 atom stereocenters. The van der Waals surface area contributed by atoms with Crippen LogP contribution in [0.3, 0.4) is 0 Å². The Morgan fingerprint density at radius 3 is 2.08 bits per heavy atom. The highest BCUT2D eigenvalue weighted by Gasteiger charge is 2.31. The van der Waals surface area contributed by atoms with E-state index in [1.165, 1.54) is 31.8 Å². The average Bonchev–Trinajstić information content (AvgIpc) is 2.57. The van der Waals surface area contributed by atoms with E-state index in [-0.39, 0.29) is 30.1 Å². The zero-order valence-corrected chi connectivity index (χ0v) is 15.2. The second-order valence-corrected chi connectivity index (χ2v) is 7.28. The van der Waals surface area contributed by atoms with Gasteiger partial charge >= 0.3 is 11.9 Å². The van der Waals surface area contributed by atoms with Gasteiger partial charge in [-0.15, -0.1) is 0 Å². The van der Waals surface area contributed by atoms with Gasteiger partial charge < -0.3 is 9.47 Å². The largest absolute Gasteiger partial charge is 0.462 e. The highest BCUT2D eigenvalue weighted by molar-refractivity contribution is 5.82. The van der Waals surface area contributed by atoms with E-state index in [0.29, 0.717) is 0 Å². The maximum Gasteiger partial charge on any atom is 0.330 e. The van der Waals surface area contributed by atoms with E-state index >= 15 is 0 Å². The first-order valence-electron chi connectivity index (χ1n) is 9.66. The zero-order chi connectivity index (χ0) is 17.4. The molecule has 24 heavy (non-hydrogen) atoms. The Morgan fingerprint density at radius 1 is 0.917 bits per heavy atom. The van der Waals surface area contributed by atoms with Crippen molar-refractivity contribution in [2.75, 3.05) is 0 Å². The number of carbonyl (C=O) groups is 2. The highest BCUT2D eigenvalue weighted by atomic mass is 16.5. The van der Waals surface area contributed by atoms with Crippen LogP contribution in [0.25, 0.3) is 0 Å². The minimum atomic E-state index is -0.285. The molecule has 4 heteroatoms. The molecule has 2 saturated carbocycles. The quantitative estimate of drug-likeness (QED) is 0.527. The number of ether oxygens (including phenoxy) is 2. The number of rotatable bonds is 6. The molecule has 0 saturated heterocycles. The van der Waals surface area contributed by atoms with Crippen molar-refractivity contribution in [3.63, 3.8) is 0 Å². The SMILES string of the molecule is C/C=C/C(=O)OC1CCC(C(=O)OC2CCC(CCC)CC2)CC1. The molecule has 0 aliphatic heterocycles. The molecule has 2 aliphatic carbocycles. The van der Waals surface area contributed by atoms with E-state index < -0.39 is 0 Å². The lowest BCUT2D eigenvalue weighted by Crippen LogP contribution is -2.32. The van der Waals surface area contributed by atoms with Crippen molar-refractivity contribution in [1.82, 2.24) is 0 Å². The van der Waals surface area contributed by atoms with Crippen LogP contribution < -0.4 is 0 Å². The van der Waals surface area contributed by atoms with Gasteiger partial charge in [-0.3, -0.25) is 4.79 Å². The summed E-state index contributed by atoms with van der Waals surface area (Å²) in [5, 5.41) is 0. The summed E-state index contributed by atoms with van der Waals surface area (Å²) in [5.74, 6) is 0.488. The third-order valence-electron chi connectivity index (χ3n) is 5.37. The van der Waals surface area contributed by atoms with Crippen LogP contribution in [0.1, 0.15) is 78.1 Å².